The summed E-state index contributed by atoms with van der Waals surface area (Å²) in [5.41, 5.74) is 5.68. The second kappa shape index (κ2) is 8.03. The quantitative estimate of drug-likeness (QED) is 0.405. The van der Waals surface area contributed by atoms with Gasteiger partial charge in [-0.25, -0.2) is 4.98 Å². The van der Waals surface area contributed by atoms with Gasteiger partial charge in [0, 0.05) is 45.0 Å². The first-order valence-electron chi connectivity index (χ1n) is 8.93. The molecule has 0 bridgehead atoms. The number of rotatable bonds is 6. The van der Waals surface area contributed by atoms with E-state index < -0.39 is 0 Å². The second-order valence-electron chi connectivity index (χ2n) is 6.41. The Morgan fingerprint density at radius 3 is 2.73 bits per heavy atom. The lowest BCUT2D eigenvalue weighted by Gasteiger charge is -2.12. The number of aryl methyl sites for hydroxylation is 3. The number of nitrogens with zero attached hydrogens (tertiary/aromatic N) is 5. The van der Waals surface area contributed by atoms with E-state index >= 15 is 0 Å². The van der Waals surface area contributed by atoms with Crippen molar-refractivity contribution < 1.29 is 0 Å². The Bertz CT molecular complexity index is 904. The summed E-state index contributed by atoms with van der Waals surface area (Å²) in [5.74, 6) is 0.808. The molecule has 2 N–H and O–H groups in total. The Labute approximate surface area is 154 Å². The number of aliphatic imine (C=N–C) groups is 1. The maximum atomic E-state index is 4.45. The normalized spacial score (nSPS) is 11.9. The molecule has 0 aliphatic rings. The van der Waals surface area contributed by atoms with Gasteiger partial charge in [-0.2, -0.15) is 5.10 Å². The van der Waals surface area contributed by atoms with Gasteiger partial charge in [-0.05, 0) is 32.4 Å². The average Bonchev–Trinajstić information content (AvgIpc) is 3.16. The van der Waals surface area contributed by atoms with E-state index in [9.17, 15) is 0 Å². The summed E-state index contributed by atoms with van der Waals surface area (Å²) in [6.45, 7) is 6.61. The first kappa shape index (κ1) is 18.0. The van der Waals surface area contributed by atoms with Crippen LogP contribution in [0.25, 0.3) is 11.0 Å². The lowest BCUT2D eigenvalue weighted by Crippen LogP contribution is -2.37. The molecular formula is C19H27N7. The monoisotopic (exact) mass is 353 g/mol. The van der Waals surface area contributed by atoms with Crippen molar-refractivity contribution in [2.24, 2.45) is 12.0 Å². The van der Waals surface area contributed by atoms with Crippen molar-refractivity contribution in [2.75, 3.05) is 13.6 Å². The standard InChI is InChI=1S/C19H27N7/c1-14-16(15(2)25(4)24-14)12-22-19(20-3)21-10-7-11-26-13-23-17-8-5-6-9-18(17)26/h5-6,8-9,13H,7,10-12H2,1-4H3,(H2,20,21,22). The van der Waals surface area contributed by atoms with Crippen LogP contribution >= 0.6 is 0 Å². The van der Waals surface area contributed by atoms with Crippen molar-refractivity contribution in [2.45, 2.75) is 33.4 Å². The van der Waals surface area contributed by atoms with E-state index in [1.165, 1.54) is 16.8 Å². The summed E-state index contributed by atoms with van der Waals surface area (Å²) in [7, 11) is 3.76. The largest absolute Gasteiger partial charge is 0.356 e. The summed E-state index contributed by atoms with van der Waals surface area (Å²) in [4.78, 5) is 8.73. The van der Waals surface area contributed by atoms with Crippen LogP contribution in [0, 0.1) is 13.8 Å². The molecular weight excluding hydrogens is 326 g/mol. The van der Waals surface area contributed by atoms with Crippen molar-refractivity contribution in [3.63, 3.8) is 0 Å². The summed E-state index contributed by atoms with van der Waals surface area (Å²) in [5, 5.41) is 11.2. The zero-order chi connectivity index (χ0) is 18.5. The fourth-order valence-corrected chi connectivity index (χ4v) is 3.11. The number of para-hydroxylation sites is 2. The first-order valence-corrected chi connectivity index (χ1v) is 8.93. The van der Waals surface area contributed by atoms with E-state index in [0.29, 0.717) is 0 Å². The third-order valence-electron chi connectivity index (χ3n) is 4.71. The molecule has 0 saturated carbocycles. The van der Waals surface area contributed by atoms with Crippen LogP contribution in [0.5, 0.6) is 0 Å². The maximum Gasteiger partial charge on any atom is 0.191 e. The Kier molecular flexibility index (Phi) is 5.55. The molecule has 3 rings (SSSR count). The average molecular weight is 353 g/mol. The molecule has 7 nitrogen and oxygen atoms in total. The third-order valence-corrected chi connectivity index (χ3v) is 4.71. The van der Waals surface area contributed by atoms with Crippen LogP contribution in [0.3, 0.4) is 0 Å². The molecule has 2 heterocycles. The molecule has 0 aliphatic carbocycles. The van der Waals surface area contributed by atoms with Gasteiger partial charge in [0.05, 0.1) is 23.1 Å². The summed E-state index contributed by atoms with van der Waals surface area (Å²) in [6, 6.07) is 8.21. The molecule has 1 aromatic carbocycles. The van der Waals surface area contributed by atoms with Gasteiger partial charge in [0.25, 0.3) is 0 Å². The summed E-state index contributed by atoms with van der Waals surface area (Å²) < 4.78 is 4.10. The summed E-state index contributed by atoms with van der Waals surface area (Å²) >= 11 is 0. The Hall–Kier alpha value is -2.83. The zero-order valence-electron chi connectivity index (χ0n) is 16.0. The van der Waals surface area contributed by atoms with Crippen molar-refractivity contribution in [1.29, 1.82) is 0 Å². The fraction of sp³-hybridized carbons (Fsp3) is 0.421. The van der Waals surface area contributed by atoms with E-state index in [1.54, 1.807) is 7.05 Å². The minimum Gasteiger partial charge on any atom is -0.356 e. The molecule has 0 spiro atoms. The van der Waals surface area contributed by atoms with Crippen LogP contribution in [0.1, 0.15) is 23.4 Å². The Balaban J connectivity index is 1.47. The minimum atomic E-state index is 0.720. The number of nitrogens with one attached hydrogen (secondary N) is 2. The summed E-state index contributed by atoms with van der Waals surface area (Å²) in [6.07, 6.45) is 2.90. The topological polar surface area (TPSA) is 72.1 Å². The fourth-order valence-electron chi connectivity index (χ4n) is 3.11. The lowest BCUT2D eigenvalue weighted by molar-refractivity contribution is 0.636. The van der Waals surface area contributed by atoms with E-state index in [2.05, 4.69) is 43.3 Å². The maximum absolute atomic E-state index is 4.45. The SMILES string of the molecule is CN=C(NCCCn1cnc2ccccc21)NCc1c(C)nn(C)c1C. The predicted molar refractivity (Wildman–Crippen MR) is 105 cm³/mol. The van der Waals surface area contributed by atoms with Gasteiger partial charge < -0.3 is 15.2 Å². The van der Waals surface area contributed by atoms with Crippen molar-refractivity contribution in [3.05, 3.63) is 47.5 Å². The second-order valence-corrected chi connectivity index (χ2v) is 6.41. The Morgan fingerprint density at radius 2 is 2.00 bits per heavy atom. The molecule has 3 aromatic rings. The van der Waals surface area contributed by atoms with Crippen molar-refractivity contribution >= 4 is 17.0 Å². The molecule has 0 fully saturated rings. The smallest absolute Gasteiger partial charge is 0.191 e. The van der Waals surface area contributed by atoms with Gasteiger partial charge in [-0.15, -0.1) is 0 Å². The molecule has 26 heavy (non-hydrogen) atoms. The number of hydrogen-bond donors (Lipinski definition) is 2. The van der Waals surface area contributed by atoms with Crippen molar-refractivity contribution in [3.8, 4) is 0 Å². The Morgan fingerprint density at radius 1 is 1.19 bits per heavy atom. The molecule has 7 heteroatoms. The number of guanidine groups is 1. The zero-order valence-corrected chi connectivity index (χ0v) is 16.0. The van der Waals surface area contributed by atoms with Gasteiger partial charge in [0.15, 0.2) is 5.96 Å². The minimum absolute atomic E-state index is 0.720. The molecule has 0 aliphatic heterocycles. The highest BCUT2D eigenvalue weighted by Crippen LogP contribution is 2.12. The molecule has 138 valence electrons. The van der Waals surface area contributed by atoms with Gasteiger partial charge in [-0.3, -0.25) is 9.67 Å². The molecule has 0 atom stereocenters. The molecule has 0 amide bonds. The van der Waals surface area contributed by atoms with Crippen LogP contribution in [-0.4, -0.2) is 38.9 Å². The van der Waals surface area contributed by atoms with Crippen LogP contribution in [0.15, 0.2) is 35.6 Å². The van der Waals surface area contributed by atoms with E-state index in [-0.39, 0.29) is 0 Å². The van der Waals surface area contributed by atoms with Crippen molar-refractivity contribution in [1.82, 2.24) is 30.0 Å². The lowest BCUT2D eigenvalue weighted by atomic mass is 10.2. The van der Waals surface area contributed by atoms with Crippen LogP contribution < -0.4 is 10.6 Å². The van der Waals surface area contributed by atoms with E-state index in [1.807, 2.05) is 43.2 Å². The number of benzene rings is 1. The van der Waals surface area contributed by atoms with Gasteiger partial charge in [0.2, 0.25) is 0 Å². The highest BCUT2D eigenvalue weighted by atomic mass is 15.3. The number of fused-ring (bicyclic) bond motifs is 1. The van der Waals surface area contributed by atoms with Crippen LogP contribution in [0.4, 0.5) is 0 Å². The van der Waals surface area contributed by atoms with Crippen LogP contribution in [-0.2, 0) is 20.1 Å². The molecule has 0 radical (unpaired) electrons. The highest BCUT2D eigenvalue weighted by molar-refractivity contribution is 5.79. The van der Waals surface area contributed by atoms with Crippen LogP contribution in [0.2, 0.25) is 0 Å². The molecule has 2 aromatic heterocycles. The predicted octanol–water partition coefficient (Wildman–Crippen LogP) is 2.14. The molecule has 0 unspecified atom stereocenters. The van der Waals surface area contributed by atoms with Gasteiger partial charge in [-0.1, -0.05) is 12.1 Å². The third kappa shape index (κ3) is 3.87. The van der Waals surface area contributed by atoms with E-state index in [4.69, 9.17) is 0 Å². The number of hydrogen-bond acceptors (Lipinski definition) is 3. The highest BCUT2D eigenvalue weighted by Gasteiger charge is 2.09. The first-order chi connectivity index (χ1) is 12.6. The number of aromatic nitrogens is 4. The molecule has 0 saturated heterocycles. The van der Waals surface area contributed by atoms with Gasteiger partial charge >= 0.3 is 0 Å². The van der Waals surface area contributed by atoms with E-state index in [0.717, 1.165) is 43.2 Å². The number of imidazole rings is 1. The van der Waals surface area contributed by atoms with Gasteiger partial charge in [0.1, 0.15) is 0 Å².